The Morgan fingerprint density at radius 1 is 1.05 bits per heavy atom. The van der Waals surface area contributed by atoms with Crippen molar-refractivity contribution >= 4 is 50.3 Å². The molecule has 1 aliphatic rings. The molecule has 3 aromatic rings. The van der Waals surface area contributed by atoms with Crippen molar-refractivity contribution in [3.63, 3.8) is 0 Å². The monoisotopic (exact) mass is 551 g/mol. The summed E-state index contributed by atoms with van der Waals surface area (Å²) in [4.78, 5) is 13.9. The highest BCUT2D eigenvalue weighted by atomic mass is 32.2. The maximum atomic E-state index is 14.7. The van der Waals surface area contributed by atoms with Crippen LogP contribution in [-0.2, 0) is 27.5 Å². The summed E-state index contributed by atoms with van der Waals surface area (Å²) in [5, 5.41) is 11.6. The molecule has 0 fully saturated rings. The fourth-order valence-corrected chi connectivity index (χ4v) is 4.54. The number of rotatable bonds is 5. The number of halogens is 4. The molecule has 0 unspecified atom stereocenters. The van der Waals surface area contributed by atoms with Gasteiger partial charge in [0.1, 0.15) is 10.7 Å². The van der Waals surface area contributed by atoms with Crippen LogP contribution in [-0.4, -0.2) is 25.1 Å². The molecule has 0 spiro atoms. The van der Waals surface area contributed by atoms with E-state index in [1.807, 2.05) is 0 Å². The van der Waals surface area contributed by atoms with Crippen molar-refractivity contribution in [3.8, 4) is 0 Å². The van der Waals surface area contributed by atoms with E-state index < -0.39 is 33.5 Å². The summed E-state index contributed by atoms with van der Waals surface area (Å²) < 4.78 is 77.7. The third-order valence-corrected chi connectivity index (χ3v) is 6.43. The Bertz CT molecular complexity index is 1540. The lowest BCUT2D eigenvalue weighted by molar-refractivity contribution is -0.137. The molecule has 3 aromatic carbocycles. The first-order chi connectivity index (χ1) is 17.4. The molecule has 8 nitrogen and oxygen atoms in total. The number of fused-ring (bicyclic) bond motifs is 1. The number of amides is 1. The van der Waals surface area contributed by atoms with Crippen molar-refractivity contribution in [2.45, 2.75) is 17.6 Å². The van der Waals surface area contributed by atoms with Crippen molar-refractivity contribution in [1.82, 2.24) is 5.43 Å². The van der Waals surface area contributed by atoms with E-state index in [-0.39, 0.29) is 44.8 Å². The van der Waals surface area contributed by atoms with Gasteiger partial charge < -0.3 is 5.32 Å². The van der Waals surface area contributed by atoms with Gasteiger partial charge in [-0.15, -0.1) is 0 Å². The Hall–Kier alpha value is -3.88. The second-order valence-electron chi connectivity index (χ2n) is 7.79. The SMILES string of the molecule is NS(=O)(=O)c1ccccc1NC(=S)NN=C1C(=O)N(Cc2cccc(C(F)(F)F)c2)c2c(F)cccc21. The van der Waals surface area contributed by atoms with E-state index >= 15 is 0 Å². The van der Waals surface area contributed by atoms with Crippen molar-refractivity contribution in [2.24, 2.45) is 10.2 Å². The van der Waals surface area contributed by atoms with Crippen LogP contribution in [0.5, 0.6) is 0 Å². The average Bonchev–Trinajstić information content (AvgIpc) is 3.08. The fraction of sp³-hybridized carbons (Fsp3) is 0.0870. The molecule has 0 radical (unpaired) electrons. The lowest BCUT2D eigenvalue weighted by Crippen LogP contribution is -2.32. The second kappa shape index (κ2) is 9.88. The van der Waals surface area contributed by atoms with Crippen LogP contribution in [0.1, 0.15) is 16.7 Å². The van der Waals surface area contributed by atoms with Crippen LogP contribution in [0.4, 0.5) is 28.9 Å². The van der Waals surface area contributed by atoms with Crippen LogP contribution < -0.4 is 20.8 Å². The van der Waals surface area contributed by atoms with E-state index in [9.17, 15) is 30.8 Å². The quantitative estimate of drug-likeness (QED) is 0.253. The number of carbonyl (C=O) groups is 1. The molecule has 0 aliphatic carbocycles. The van der Waals surface area contributed by atoms with Crippen molar-refractivity contribution in [3.05, 3.63) is 89.2 Å². The van der Waals surface area contributed by atoms with Gasteiger partial charge in [-0.3, -0.25) is 15.1 Å². The van der Waals surface area contributed by atoms with E-state index in [0.717, 1.165) is 23.1 Å². The Kier molecular flexibility index (Phi) is 6.99. The lowest BCUT2D eigenvalue weighted by Gasteiger charge is -2.18. The van der Waals surface area contributed by atoms with Crippen LogP contribution in [0.15, 0.2) is 76.7 Å². The summed E-state index contributed by atoms with van der Waals surface area (Å²) >= 11 is 5.13. The predicted molar refractivity (Wildman–Crippen MR) is 133 cm³/mol. The zero-order valence-electron chi connectivity index (χ0n) is 18.6. The molecule has 37 heavy (non-hydrogen) atoms. The third kappa shape index (κ3) is 5.60. The normalized spacial score (nSPS) is 14.6. The first-order valence-electron chi connectivity index (χ1n) is 10.4. The molecule has 1 amide bonds. The van der Waals surface area contributed by atoms with Gasteiger partial charge in [-0.1, -0.05) is 36.4 Å². The molecule has 0 saturated carbocycles. The van der Waals surface area contributed by atoms with Gasteiger partial charge in [0.15, 0.2) is 10.8 Å². The summed E-state index contributed by atoms with van der Waals surface area (Å²) in [5.41, 5.74) is 1.39. The summed E-state index contributed by atoms with van der Waals surface area (Å²) in [5.74, 6) is -1.55. The lowest BCUT2D eigenvalue weighted by atomic mass is 10.1. The van der Waals surface area contributed by atoms with E-state index in [0.29, 0.717) is 0 Å². The number of primary sulfonamides is 1. The first-order valence-corrected chi connectivity index (χ1v) is 12.3. The highest BCUT2D eigenvalue weighted by Crippen LogP contribution is 2.35. The van der Waals surface area contributed by atoms with Gasteiger partial charge in [0.2, 0.25) is 10.0 Å². The van der Waals surface area contributed by atoms with Gasteiger partial charge in [-0.2, -0.15) is 18.3 Å². The van der Waals surface area contributed by atoms with E-state index in [4.69, 9.17) is 17.4 Å². The predicted octanol–water partition coefficient (Wildman–Crippen LogP) is 3.73. The number of thiocarbonyl (C=S) groups is 1. The average molecular weight is 552 g/mol. The van der Waals surface area contributed by atoms with E-state index in [1.54, 1.807) is 0 Å². The number of alkyl halides is 3. The summed E-state index contributed by atoms with van der Waals surface area (Å²) in [7, 11) is -4.07. The number of nitrogens with one attached hydrogen (secondary N) is 2. The van der Waals surface area contributed by atoms with E-state index in [2.05, 4.69) is 15.8 Å². The number of carbonyl (C=O) groups excluding carboxylic acids is 1. The number of sulfonamides is 1. The topological polar surface area (TPSA) is 117 Å². The Morgan fingerprint density at radius 3 is 2.46 bits per heavy atom. The number of nitrogens with two attached hydrogens (primary N) is 1. The number of nitrogens with zero attached hydrogens (tertiary/aromatic N) is 2. The minimum atomic E-state index is -4.59. The summed E-state index contributed by atoms with van der Waals surface area (Å²) in [6.07, 6.45) is -4.59. The minimum absolute atomic E-state index is 0.0538. The van der Waals surface area contributed by atoms with Crippen LogP contribution in [0, 0.1) is 5.82 Å². The Morgan fingerprint density at radius 2 is 1.76 bits per heavy atom. The molecule has 0 aromatic heterocycles. The largest absolute Gasteiger partial charge is 0.416 e. The van der Waals surface area contributed by atoms with Crippen LogP contribution in [0.3, 0.4) is 0 Å². The van der Waals surface area contributed by atoms with Gasteiger partial charge in [-0.25, -0.2) is 17.9 Å². The minimum Gasteiger partial charge on any atom is -0.330 e. The Balaban J connectivity index is 1.61. The maximum Gasteiger partial charge on any atom is 0.416 e. The number of hydrazone groups is 1. The zero-order valence-corrected chi connectivity index (χ0v) is 20.2. The molecule has 4 N–H and O–H groups in total. The van der Waals surface area contributed by atoms with E-state index in [1.165, 1.54) is 48.5 Å². The molecular formula is C23H17F4N5O3S2. The highest BCUT2D eigenvalue weighted by Gasteiger charge is 2.37. The zero-order chi connectivity index (χ0) is 27.0. The molecule has 0 atom stereocenters. The van der Waals surface area contributed by atoms with Gasteiger partial charge in [0, 0.05) is 5.56 Å². The second-order valence-corrected chi connectivity index (χ2v) is 9.73. The van der Waals surface area contributed by atoms with Crippen LogP contribution >= 0.6 is 12.2 Å². The fourth-order valence-electron chi connectivity index (χ4n) is 3.69. The highest BCUT2D eigenvalue weighted by molar-refractivity contribution is 7.89. The number of hydrogen-bond acceptors (Lipinski definition) is 5. The molecule has 1 aliphatic heterocycles. The molecule has 14 heteroatoms. The Labute approximate surface area is 213 Å². The van der Waals surface area contributed by atoms with Crippen molar-refractivity contribution < 1.29 is 30.8 Å². The number of para-hydroxylation sites is 2. The molecule has 192 valence electrons. The first kappa shape index (κ1) is 26.2. The van der Waals surface area contributed by atoms with Gasteiger partial charge >= 0.3 is 6.18 Å². The number of benzene rings is 3. The standard InChI is InChI=1S/C23H17F4N5O3S2/c24-16-8-4-7-15-19(30-31-22(36)29-17-9-1-2-10-18(17)37(28,34)35)21(33)32(20(15)16)12-13-5-3-6-14(11-13)23(25,26)27/h1-11H,12H2,(H2,28,34,35)(H2,29,31,36). The van der Waals surface area contributed by atoms with Crippen LogP contribution in [0.2, 0.25) is 0 Å². The van der Waals surface area contributed by atoms with Crippen LogP contribution in [0.25, 0.3) is 0 Å². The van der Waals surface area contributed by atoms with Gasteiger partial charge in [0.25, 0.3) is 5.91 Å². The smallest absolute Gasteiger partial charge is 0.330 e. The number of hydrogen-bond donors (Lipinski definition) is 3. The number of anilines is 2. The molecular weight excluding hydrogens is 534 g/mol. The van der Waals surface area contributed by atoms with Crippen molar-refractivity contribution in [2.75, 3.05) is 10.2 Å². The molecule has 4 rings (SSSR count). The summed E-state index contributed by atoms with van der Waals surface area (Å²) in [6.45, 7) is -0.347. The molecule has 0 bridgehead atoms. The van der Waals surface area contributed by atoms with Crippen molar-refractivity contribution in [1.29, 1.82) is 0 Å². The maximum absolute atomic E-state index is 14.7. The summed E-state index contributed by atoms with van der Waals surface area (Å²) in [6, 6.07) is 13.9. The third-order valence-electron chi connectivity index (χ3n) is 5.27. The molecule has 0 saturated heterocycles. The van der Waals surface area contributed by atoms with Gasteiger partial charge in [-0.05, 0) is 48.1 Å². The molecule has 1 heterocycles. The van der Waals surface area contributed by atoms with Gasteiger partial charge in [0.05, 0.1) is 23.5 Å².